The second kappa shape index (κ2) is 4.72. The van der Waals surface area contributed by atoms with Crippen LogP contribution in [-0.2, 0) is 9.53 Å². The van der Waals surface area contributed by atoms with Crippen molar-refractivity contribution in [3.8, 4) is 0 Å². The largest absolute Gasteiger partial charge is 0.468 e. The van der Waals surface area contributed by atoms with Gasteiger partial charge in [0, 0.05) is 5.75 Å². The van der Waals surface area contributed by atoms with Crippen LogP contribution in [0.15, 0.2) is 0 Å². The highest BCUT2D eigenvalue weighted by molar-refractivity contribution is 8.00. The number of carbonyl (C=O) groups is 1. The number of hydrogen-bond acceptors (Lipinski definition) is 4. The van der Waals surface area contributed by atoms with Crippen molar-refractivity contribution in [3.63, 3.8) is 0 Å². The van der Waals surface area contributed by atoms with Crippen molar-refractivity contribution in [3.05, 3.63) is 0 Å². The Bertz CT molecular complexity index is 163. The normalized spacial score (nSPS) is 28.8. The number of methoxy groups -OCH3 is 1. The molecule has 1 heterocycles. The van der Waals surface area contributed by atoms with Crippen molar-refractivity contribution in [2.75, 3.05) is 12.9 Å². The molecule has 1 aliphatic rings. The van der Waals surface area contributed by atoms with Gasteiger partial charge in [0.05, 0.1) is 12.5 Å². The fraction of sp³-hybridized carbons (Fsp3) is 0.875. The summed E-state index contributed by atoms with van der Waals surface area (Å²) in [5.74, 6) is 0.707. The minimum absolute atomic E-state index is 0.0865. The first-order valence-corrected chi connectivity index (χ1v) is 5.28. The van der Waals surface area contributed by atoms with Crippen LogP contribution in [0.3, 0.4) is 0 Å². The third-order valence-corrected chi connectivity index (χ3v) is 3.19. The molecular formula is C8H15NO2S. The van der Waals surface area contributed by atoms with Gasteiger partial charge >= 0.3 is 5.97 Å². The molecule has 0 aromatic carbocycles. The summed E-state index contributed by atoms with van der Waals surface area (Å²) in [7, 11) is 1.43. The molecule has 0 bridgehead atoms. The summed E-state index contributed by atoms with van der Waals surface area (Å²) >= 11 is 1.81. The Hall–Kier alpha value is -0.220. The van der Waals surface area contributed by atoms with Gasteiger partial charge < -0.3 is 4.74 Å². The number of nitrogens with one attached hydrogen (secondary N) is 1. The Kier molecular flexibility index (Phi) is 3.88. The molecule has 3 nitrogen and oxygen atoms in total. The first-order chi connectivity index (χ1) is 5.77. The number of carbonyl (C=O) groups excluding carboxylic acids is 1. The summed E-state index contributed by atoms with van der Waals surface area (Å²) in [4.78, 5) is 11.1. The predicted molar refractivity (Wildman–Crippen MR) is 50.1 cm³/mol. The van der Waals surface area contributed by atoms with Crippen LogP contribution < -0.4 is 5.32 Å². The monoisotopic (exact) mass is 189 g/mol. The Morgan fingerprint density at radius 1 is 1.75 bits per heavy atom. The summed E-state index contributed by atoms with van der Waals surface area (Å²) in [5, 5.41) is 3.67. The van der Waals surface area contributed by atoms with Crippen molar-refractivity contribution < 1.29 is 9.53 Å². The third kappa shape index (κ3) is 2.38. The highest BCUT2D eigenvalue weighted by Crippen LogP contribution is 2.22. The number of thioether (sulfide) groups is 1. The Balaban J connectivity index is 2.30. The van der Waals surface area contributed by atoms with Crippen LogP contribution in [0.25, 0.3) is 0 Å². The van der Waals surface area contributed by atoms with Gasteiger partial charge in [0.1, 0.15) is 6.04 Å². The molecule has 1 fully saturated rings. The zero-order chi connectivity index (χ0) is 8.97. The van der Waals surface area contributed by atoms with Crippen molar-refractivity contribution in [1.82, 2.24) is 5.32 Å². The minimum Gasteiger partial charge on any atom is -0.468 e. The van der Waals surface area contributed by atoms with E-state index in [1.165, 1.54) is 7.11 Å². The van der Waals surface area contributed by atoms with Gasteiger partial charge in [-0.1, -0.05) is 13.3 Å². The van der Waals surface area contributed by atoms with Crippen molar-refractivity contribution >= 4 is 17.7 Å². The lowest BCUT2D eigenvalue weighted by atomic mass is 10.3. The molecule has 1 rings (SSSR count). The molecule has 0 unspecified atom stereocenters. The summed E-state index contributed by atoms with van der Waals surface area (Å²) in [6, 6.07) is -0.0865. The quantitative estimate of drug-likeness (QED) is 0.672. The van der Waals surface area contributed by atoms with Crippen molar-refractivity contribution in [2.24, 2.45) is 0 Å². The summed E-state index contributed by atoms with van der Waals surface area (Å²) in [6.07, 6.45) is 2.27. The maximum absolute atomic E-state index is 11.1. The summed E-state index contributed by atoms with van der Waals surface area (Å²) in [6.45, 7) is 2.15. The van der Waals surface area contributed by atoms with Gasteiger partial charge in [0.15, 0.2) is 0 Å². The highest BCUT2D eigenvalue weighted by atomic mass is 32.2. The van der Waals surface area contributed by atoms with Crippen LogP contribution in [0.4, 0.5) is 0 Å². The van der Waals surface area contributed by atoms with E-state index in [0.717, 1.165) is 18.6 Å². The smallest absolute Gasteiger partial charge is 0.323 e. The Labute approximate surface area is 77.2 Å². The molecule has 1 aliphatic heterocycles. The Morgan fingerprint density at radius 2 is 2.50 bits per heavy atom. The van der Waals surface area contributed by atoms with Gasteiger partial charge in [-0.2, -0.15) is 0 Å². The van der Waals surface area contributed by atoms with E-state index >= 15 is 0 Å². The van der Waals surface area contributed by atoms with Gasteiger partial charge in [-0.3, -0.25) is 10.1 Å². The van der Waals surface area contributed by atoms with E-state index in [0.29, 0.717) is 5.37 Å². The van der Waals surface area contributed by atoms with Gasteiger partial charge in [-0.05, 0) is 6.42 Å². The fourth-order valence-corrected chi connectivity index (χ4v) is 2.56. The molecule has 0 radical (unpaired) electrons. The number of ether oxygens (including phenoxy) is 1. The summed E-state index contributed by atoms with van der Waals surface area (Å²) < 4.78 is 4.65. The molecule has 2 atom stereocenters. The topological polar surface area (TPSA) is 38.3 Å². The number of rotatable bonds is 3. The lowest BCUT2D eigenvalue weighted by Gasteiger charge is -2.09. The lowest BCUT2D eigenvalue weighted by Crippen LogP contribution is -2.37. The molecule has 0 aromatic heterocycles. The van der Waals surface area contributed by atoms with Crippen LogP contribution >= 0.6 is 11.8 Å². The van der Waals surface area contributed by atoms with Gasteiger partial charge in [0.2, 0.25) is 0 Å². The first kappa shape index (κ1) is 9.86. The van der Waals surface area contributed by atoms with Crippen molar-refractivity contribution in [1.29, 1.82) is 0 Å². The van der Waals surface area contributed by atoms with E-state index in [1.54, 1.807) is 11.8 Å². The lowest BCUT2D eigenvalue weighted by molar-refractivity contribution is -0.142. The highest BCUT2D eigenvalue weighted by Gasteiger charge is 2.29. The molecular weight excluding hydrogens is 174 g/mol. The molecule has 0 aliphatic carbocycles. The average molecular weight is 189 g/mol. The van der Waals surface area contributed by atoms with Gasteiger partial charge in [-0.15, -0.1) is 11.8 Å². The zero-order valence-electron chi connectivity index (χ0n) is 7.50. The molecule has 70 valence electrons. The number of esters is 1. The standard InChI is InChI=1S/C8H15NO2S/c1-3-4-7-9-6(5-12-7)8(10)11-2/h6-7,9H,3-5H2,1-2H3/t6-,7-/m0/s1. The second-order valence-corrected chi connectivity index (χ2v) is 4.09. The molecule has 12 heavy (non-hydrogen) atoms. The maximum Gasteiger partial charge on any atom is 0.323 e. The van der Waals surface area contributed by atoms with E-state index in [9.17, 15) is 4.79 Å². The first-order valence-electron chi connectivity index (χ1n) is 4.23. The van der Waals surface area contributed by atoms with E-state index in [1.807, 2.05) is 0 Å². The Morgan fingerprint density at radius 3 is 3.08 bits per heavy atom. The van der Waals surface area contributed by atoms with Crippen LogP contribution in [0.5, 0.6) is 0 Å². The predicted octanol–water partition coefficient (Wildman–Crippen LogP) is 0.991. The van der Waals surface area contributed by atoms with Crippen LogP contribution in [-0.4, -0.2) is 30.2 Å². The van der Waals surface area contributed by atoms with E-state index in [-0.39, 0.29) is 12.0 Å². The third-order valence-electron chi connectivity index (χ3n) is 1.89. The van der Waals surface area contributed by atoms with Crippen LogP contribution in [0, 0.1) is 0 Å². The minimum atomic E-state index is -0.138. The molecule has 1 saturated heterocycles. The van der Waals surface area contributed by atoms with E-state index in [4.69, 9.17) is 0 Å². The molecule has 0 amide bonds. The second-order valence-electron chi connectivity index (χ2n) is 2.85. The number of hydrogen-bond donors (Lipinski definition) is 1. The molecule has 1 N–H and O–H groups in total. The van der Waals surface area contributed by atoms with E-state index in [2.05, 4.69) is 17.0 Å². The maximum atomic E-state index is 11.1. The molecule has 0 saturated carbocycles. The molecule has 0 spiro atoms. The van der Waals surface area contributed by atoms with Crippen molar-refractivity contribution in [2.45, 2.75) is 31.2 Å². The molecule has 4 heteroatoms. The SMILES string of the molecule is CCC[C@H]1N[C@H](C(=O)OC)CS1. The van der Waals surface area contributed by atoms with E-state index < -0.39 is 0 Å². The van der Waals surface area contributed by atoms with Gasteiger partial charge in [0.25, 0.3) is 0 Å². The van der Waals surface area contributed by atoms with Crippen LogP contribution in [0.1, 0.15) is 19.8 Å². The average Bonchev–Trinajstić information content (AvgIpc) is 2.52. The van der Waals surface area contributed by atoms with Crippen LogP contribution in [0.2, 0.25) is 0 Å². The summed E-state index contributed by atoms with van der Waals surface area (Å²) in [5.41, 5.74) is 0. The van der Waals surface area contributed by atoms with Gasteiger partial charge in [-0.25, -0.2) is 0 Å². The molecule has 0 aromatic rings. The zero-order valence-corrected chi connectivity index (χ0v) is 8.32. The fourth-order valence-electron chi connectivity index (χ4n) is 1.24.